The number of carbonyl (C=O) groups is 1. The summed E-state index contributed by atoms with van der Waals surface area (Å²) in [6.45, 7) is 6.86. The Kier molecular flexibility index (Phi) is 6.74. The molecule has 1 rings (SSSR count). The number of oxime groups is 1. The smallest absolute Gasteiger partial charge is 0.236 e. The van der Waals surface area contributed by atoms with Gasteiger partial charge < -0.3 is 25.3 Å². The quantitative estimate of drug-likeness (QED) is 0.232. The van der Waals surface area contributed by atoms with Crippen LogP contribution < -0.4 is 5.73 Å². The lowest BCUT2D eigenvalue weighted by Gasteiger charge is -2.38. The van der Waals surface area contributed by atoms with Gasteiger partial charge >= 0.3 is 0 Å². The third-order valence-corrected chi connectivity index (χ3v) is 3.73. The van der Waals surface area contributed by atoms with E-state index in [2.05, 4.69) is 5.16 Å². The van der Waals surface area contributed by atoms with E-state index in [9.17, 15) is 4.79 Å². The minimum atomic E-state index is -0.949. The minimum absolute atomic E-state index is 0.0272. The molecule has 0 saturated carbocycles. The first kappa shape index (κ1) is 16.7. The normalized spacial score (nSPS) is 18.8. The van der Waals surface area contributed by atoms with Crippen LogP contribution in [0.15, 0.2) is 5.16 Å². The Morgan fingerprint density at radius 1 is 1.45 bits per heavy atom. The molecule has 0 aromatic carbocycles. The van der Waals surface area contributed by atoms with Gasteiger partial charge in [0, 0.05) is 32.9 Å². The first-order valence-electron chi connectivity index (χ1n) is 7.05. The van der Waals surface area contributed by atoms with E-state index in [1.165, 1.54) is 0 Å². The van der Waals surface area contributed by atoms with Crippen molar-refractivity contribution in [2.45, 2.75) is 26.7 Å². The van der Waals surface area contributed by atoms with Crippen LogP contribution in [0.25, 0.3) is 0 Å². The summed E-state index contributed by atoms with van der Waals surface area (Å²) in [6.07, 6.45) is 0.875. The van der Waals surface area contributed by atoms with Gasteiger partial charge in [0.25, 0.3) is 0 Å². The van der Waals surface area contributed by atoms with E-state index >= 15 is 0 Å². The predicted molar refractivity (Wildman–Crippen MR) is 74.6 cm³/mol. The summed E-state index contributed by atoms with van der Waals surface area (Å²) in [7, 11) is 0. The second kappa shape index (κ2) is 8.06. The van der Waals surface area contributed by atoms with E-state index in [4.69, 9.17) is 20.4 Å². The van der Waals surface area contributed by atoms with Crippen LogP contribution >= 0.6 is 0 Å². The number of amides is 1. The number of amidine groups is 1. The fraction of sp³-hybridized carbons (Fsp3) is 0.846. The second-order valence-electron chi connectivity index (χ2n) is 4.76. The van der Waals surface area contributed by atoms with Crippen molar-refractivity contribution in [1.82, 2.24) is 4.90 Å². The summed E-state index contributed by atoms with van der Waals surface area (Å²) in [5.41, 5.74) is 4.85. The molecule has 20 heavy (non-hydrogen) atoms. The van der Waals surface area contributed by atoms with Gasteiger partial charge in [-0.2, -0.15) is 0 Å². The largest absolute Gasteiger partial charge is 0.409 e. The van der Waals surface area contributed by atoms with Gasteiger partial charge in [-0.05, 0) is 26.7 Å². The maximum atomic E-state index is 12.8. The van der Waals surface area contributed by atoms with Crippen molar-refractivity contribution in [2.24, 2.45) is 16.3 Å². The van der Waals surface area contributed by atoms with E-state index < -0.39 is 5.41 Å². The van der Waals surface area contributed by atoms with Gasteiger partial charge in [0.1, 0.15) is 5.41 Å². The minimum Gasteiger partial charge on any atom is -0.409 e. The Hall–Kier alpha value is -1.34. The van der Waals surface area contributed by atoms with E-state index in [1.807, 2.05) is 13.8 Å². The van der Waals surface area contributed by atoms with Crippen LogP contribution in [0, 0.1) is 5.41 Å². The number of likely N-dealkylation sites (N-methyl/N-ethyl adjacent to an activating group) is 1. The summed E-state index contributed by atoms with van der Waals surface area (Å²) in [6, 6.07) is 0. The van der Waals surface area contributed by atoms with E-state index in [-0.39, 0.29) is 11.7 Å². The molecule has 3 N–H and O–H groups in total. The van der Waals surface area contributed by atoms with E-state index in [0.29, 0.717) is 52.4 Å². The van der Waals surface area contributed by atoms with Gasteiger partial charge in [-0.3, -0.25) is 4.79 Å². The zero-order valence-electron chi connectivity index (χ0n) is 12.3. The second-order valence-corrected chi connectivity index (χ2v) is 4.76. The van der Waals surface area contributed by atoms with Gasteiger partial charge in [-0.25, -0.2) is 0 Å². The molecular formula is C13H25N3O4. The molecule has 7 heteroatoms. The van der Waals surface area contributed by atoms with Gasteiger partial charge in [-0.15, -0.1) is 0 Å². The first-order chi connectivity index (χ1) is 9.62. The zero-order valence-corrected chi connectivity index (χ0v) is 12.3. The number of nitrogens with zero attached hydrogens (tertiary/aromatic N) is 2. The average molecular weight is 287 g/mol. The maximum Gasteiger partial charge on any atom is 0.236 e. The molecule has 0 unspecified atom stereocenters. The van der Waals surface area contributed by atoms with Crippen LogP contribution in [0.1, 0.15) is 26.7 Å². The Balaban J connectivity index is 2.85. The molecule has 0 spiro atoms. The van der Waals surface area contributed by atoms with Crippen LogP contribution in [-0.2, 0) is 14.3 Å². The van der Waals surface area contributed by atoms with Crippen molar-refractivity contribution >= 4 is 11.7 Å². The average Bonchev–Trinajstić information content (AvgIpc) is 2.51. The molecule has 0 radical (unpaired) electrons. The third-order valence-electron chi connectivity index (χ3n) is 3.73. The van der Waals surface area contributed by atoms with E-state index in [1.54, 1.807) is 4.90 Å². The highest BCUT2D eigenvalue weighted by molar-refractivity contribution is 6.06. The van der Waals surface area contributed by atoms with Crippen LogP contribution in [0.3, 0.4) is 0 Å². The summed E-state index contributed by atoms with van der Waals surface area (Å²) < 4.78 is 10.6. The summed E-state index contributed by atoms with van der Waals surface area (Å²) in [5, 5.41) is 12.1. The zero-order chi connectivity index (χ0) is 15.0. The van der Waals surface area contributed by atoms with Gasteiger partial charge in [0.15, 0.2) is 5.84 Å². The SMILES string of the molecule is CCOCCN(CC)C(=O)C1(C(N)=NO)CCOCC1. The third kappa shape index (κ3) is 3.61. The van der Waals surface area contributed by atoms with Gasteiger partial charge in [0.2, 0.25) is 5.91 Å². The molecule has 1 heterocycles. The van der Waals surface area contributed by atoms with Crippen molar-refractivity contribution in [2.75, 3.05) is 39.5 Å². The van der Waals surface area contributed by atoms with E-state index in [0.717, 1.165) is 0 Å². The lowest BCUT2D eigenvalue weighted by atomic mass is 9.77. The predicted octanol–water partition coefficient (Wildman–Crippen LogP) is 0.415. The fourth-order valence-electron chi connectivity index (χ4n) is 2.42. The number of carbonyl (C=O) groups excluding carboxylic acids is 1. The van der Waals surface area contributed by atoms with Gasteiger partial charge in [-0.1, -0.05) is 5.16 Å². The number of ether oxygens (including phenoxy) is 2. The molecule has 1 fully saturated rings. The molecule has 1 amide bonds. The number of hydrogen-bond donors (Lipinski definition) is 2. The monoisotopic (exact) mass is 287 g/mol. The van der Waals surface area contributed by atoms with Crippen LogP contribution in [0.5, 0.6) is 0 Å². The Morgan fingerprint density at radius 3 is 2.60 bits per heavy atom. The first-order valence-corrected chi connectivity index (χ1v) is 7.05. The molecule has 0 aliphatic carbocycles. The highest BCUT2D eigenvalue weighted by Crippen LogP contribution is 2.33. The van der Waals surface area contributed by atoms with Gasteiger partial charge in [0.05, 0.1) is 6.61 Å². The topological polar surface area (TPSA) is 97.4 Å². The fourth-order valence-corrected chi connectivity index (χ4v) is 2.42. The van der Waals surface area contributed by atoms with Crippen molar-refractivity contribution in [1.29, 1.82) is 0 Å². The molecule has 0 bridgehead atoms. The number of nitrogens with two attached hydrogens (primary N) is 1. The van der Waals surface area contributed by atoms with Crippen molar-refractivity contribution < 1.29 is 19.5 Å². The highest BCUT2D eigenvalue weighted by atomic mass is 16.5. The molecule has 1 aliphatic rings. The molecular weight excluding hydrogens is 262 g/mol. The van der Waals surface area contributed by atoms with Crippen molar-refractivity contribution in [3.63, 3.8) is 0 Å². The summed E-state index contributed by atoms with van der Waals surface area (Å²) >= 11 is 0. The lowest BCUT2D eigenvalue weighted by Crippen LogP contribution is -2.54. The number of rotatable bonds is 7. The number of hydrogen-bond acceptors (Lipinski definition) is 5. The molecule has 0 atom stereocenters. The Labute approximate surface area is 119 Å². The van der Waals surface area contributed by atoms with Crippen LogP contribution in [-0.4, -0.2) is 61.4 Å². The molecule has 0 aromatic heterocycles. The highest BCUT2D eigenvalue weighted by Gasteiger charge is 2.46. The van der Waals surface area contributed by atoms with Crippen molar-refractivity contribution in [3.05, 3.63) is 0 Å². The summed E-state index contributed by atoms with van der Waals surface area (Å²) in [4.78, 5) is 14.5. The maximum absolute atomic E-state index is 12.8. The summed E-state index contributed by atoms with van der Waals surface area (Å²) in [5.74, 6) is -0.140. The molecule has 1 aliphatic heterocycles. The molecule has 116 valence electrons. The molecule has 0 aromatic rings. The Morgan fingerprint density at radius 2 is 2.10 bits per heavy atom. The molecule has 1 saturated heterocycles. The van der Waals surface area contributed by atoms with Crippen molar-refractivity contribution in [3.8, 4) is 0 Å². The van der Waals surface area contributed by atoms with Crippen LogP contribution in [0.2, 0.25) is 0 Å². The Bertz CT molecular complexity index is 341. The van der Waals surface area contributed by atoms with Crippen LogP contribution in [0.4, 0.5) is 0 Å². The lowest BCUT2D eigenvalue weighted by molar-refractivity contribution is -0.143. The standard InChI is InChI=1S/C13H25N3O4/c1-3-16(7-10-19-4-2)12(17)13(11(14)15-18)5-8-20-9-6-13/h18H,3-10H2,1-2H3,(H2,14,15). The molecule has 7 nitrogen and oxygen atoms in total.